The minimum absolute atomic E-state index is 0.00149. The fourth-order valence-corrected chi connectivity index (χ4v) is 2.77. The van der Waals surface area contributed by atoms with Crippen molar-refractivity contribution in [1.29, 1.82) is 0 Å². The van der Waals surface area contributed by atoms with Crippen LogP contribution < -0.4 is 5.32 Å². The molecule has 1 amide bonds. The molecule has 1 aliphatic rings. The van der Waals surface area contributed by atoms with E-state index in [1.165, 1.54) is 6.07 Å². The molecule has 0 aliphatic carbocycles. The Morgan fingerprint density at radius 2 is 1.92 bits per heavy atom. The van der Waals surface area contributed by atoms with Gasteiger partial charge in [0, 0.05) is 31.3 Å². The van der Waals surface area contributed by atoms with Gasteiger partial charge in [0.05, 0.1) is 6.04 Å². The monoisotopic (exact) mass is 358 g/mol. The van der Waals surface area contributed by atoms with Gasteiger partial charge in [0.2, 0.25) is 11.7 Å². The van der Waals surface area contributed by atoms with Crippen molar-refractivity contribution >= 4 is 11.7 Å². The number of alkyl halides is 3. The second-order valence-electron chi connectivity index (χ2n) is 8.03. The van der Waals surface area contributed by atoms with E-state index in [0.29, 0.717) is 18.8 Å². The highest BCUT2D eigenvalue weighted by atomic mass is 19.4. The minimum atomic E-state index is -4.61. The molecule has 0 spiro atoms. The van der Waals surface area contributed by atoms with E-state index in [-0.39, 0.29) is 35.5 Å². The molecular weight excluding hydrogens is 333 g/mol. The molecule has 5 nitrogen and oxygen atoms in total. The molecule has 1 saturated heterocycles. The van der Waals surface area contributed by atoms with Crippen molar-refractivity contribution in [2.75, 3.05) is 18.4 Å². The maximum atomic E-state index is 13.0. The Hall–Kier alpha value is -1.86. The lowest BCUT2D eigenvalue weighted by molar-refractivity contribution is -0.145. The standard InChI is InChI=1S/C17H25F3N4O/c1-10(2)12-7-13(23-15(22-12)17(18,19)20)21-11-6-14(25)24(8-11)9-16(3,4)5/h7,10-11H,6,8-9H2,1-5H3,(H,21,22,23)/t11-/m1/s1. The Morgan fingerprint density at radius 1 is 1.28 bits per heavy atom. The molecular formula is C17H25F3N4O. The van der Waals surface area contributed by atoms with E-state index in [9.17, 15) is 18.0 Å². The zero-order chi connectivity index (χ0) is 19.0. The summed E-state index contributed by atoms with van der Waals surface area (Å²) in [6, 6.07) is 1.27. The first-order chi connectivity index (χ1) is 11.3. The number of hydrogen-bond donors (Lipinski definition) is 1. The second kappa shape index (κ2) is 6.80. The third-order valence-corrected chi connectivity index (χ3v) is 3.82. The van der Waals surface area contributed by atoms with E-state index in [1.807, 2.05) is 20.8 Å². The summed E-state index contributed by atoms with van der Waals surface area (Å²) in [4.78, 5) is 21.1. The van der Waals surface area contributed by atoms with Gasteiger partial charge < -0.3 is 10.2 Å². The van der Waals surface area contributed by atoms with Crippen molar-refractivity contribution < 1.29 is 18.0 Å². The zero-order valence-corrected chi connectivity index (χ0v) is 15.2. The molecule has 0 saturated carbocycles. The van der Waals surface area contributed by atoms with E-state index in [4.69, 9.17) is 0 Å². The summed E-state index contributed by atoms with van der Waals surface area (Å²) in [7, 11) is 0. The van der Waals surface area contributed by atoms with E-state index in [2.05, 4.69) is 15.3 Å². The van der Waals surface area contributed by atoms with Crippen LogP contribution in [0.2, 0.25) is 0 Å². The number of aromatic nitrogens is 2. The van der Waals surface area contributed by atoms with Gasteiger partial charge in [-0.2, -0.15) is 13.2 Å². The molecule has 25 heavy (non-hydrogen) atoms. The second-order valence-corrected chi connectivity index (χ2v) is 8.03. The maximum absolute atomic E-state index is 13.0. The molecule has 2 rings (SSSR count). The van der Waals surface area contributed by atoms with Crippen LogP contribution in [0, 0.1) is 5.41 Å². The Morgan fingerprint density at radius 3 is 2.44 bits per heavy atom. The summed E-state index contributed by atoms with van der Waals surface area (Å²) in [6.07, 6.45) is -4.36. The van der Waals surface area contributed by atoms with Gasteiger partial charge in [-0.1, -0.05) is 34.6 Å². The number of halogens is 3. The van der Waals surface area contributed by atoms with Crippen LogP contribution in [0.3, 0.4) is 0 Å². The number of nitrogens with zero attached hydrogens (tertiary/aromatic N) is 3. The van der Waals surface area contributed by atoms with Crippen molar-refractivity contribution in [3.63, 3.8) is 0 Å². The number of likely N-dealkylation sites (tertiary alicyclic amines) is 1. The maximum Gasteiger partial charge on any atom is 0.451 e. The van der Waals surface area contributed by atoms with Crippen LogP contribution in [-0.2, 0) is 11.0 Å². The molecule has 1 atom stereocenters. The Kier molecular flexibility index (Phi) is 5.30. The van der Waals surface area contributed by atoms with Gasteiger partial charge in [-0.25, -0.2) is 9.97 Å². The molecule has 0 unspecified atom stereocenters. The van der Waals surface area contributed by atoms with E-state index in [1.54, 1.807) is 18.7 Å². The largest absolute Gasteiger partial charge is 0.451 e. The summed E-state index contributed by atoms with van der Waals surface area (Å²) in [5.41, 5.74) is 0.286. The lowest BCUT2D eigenvalue weighted by atomic mass is 9.96. The molecule has 1 aliphatic heterocycles. The van der Waals surface area contributed by atoms with Crippen LogP contribution in [0.15, 0.2) is 6.07 Å². The smallest absolute Gasteiger partial charge is 0.365 e. The molecule has 0 bridgehead atoms. The highest BCUT2D eigenvalue weighted by Crippen LogP contribution is 2.29. The van der Waals surface area contributed by atoms with Gasteiger partial charge in [0.15, 0.2) is 0 Å². The molecule has 2 heterocycles. The molecule has 1 aromatic heterocycles. The molecule has 1 aromatic rings. The van der Waals surface area contributed by atoms with Gasteiger partial charge in [-0.3, -0.25) is 4.79 Å². The highest BCUT2D eigenvalue weighted by Gasteiger charge is 2.36. The zero-order valence-electron chi connectivity index (χ0n) is 15.2. The number of nitrogens with one attached hydrogen (secondary N) is 1. The summed E-state index contributed by atoms with van der Waals surface area (Å²) in [5, 5.41) is 2.98. The van der Waals surface area contributed by atoms with Crippen LogP contribution >= 0.6 is 0 Å². The predicted octanol–water partition coefficient (Wildman–Crippen LogP) is 3.68. The number of hydrogen-bond acceptors (Lipinski definition) is 4. The average molecular weight is 358 g/mol. The van der Waals surface area contributed by atoms with Crippen LogP contribution in [0.25, 0.3) is 0 Å². The fraction of sp³-hybridized carbons (Fsp3) is 0.706. The van der Waals surface area contributed by atoms with Crippen molar-refractivity contribution in [3.8, 4) is 0 Å². The first-order valence-corrected chi connectivity index (χ1v) is 8.35. The average Bonchev–Trinajstić information content (AvgIpc) is 2.75. The molecule has 1 N–H and O–H groups in total. The fourth-order valence-electron chi connectivity index (χ4n) is 2.77. The van der Waals surface area contributed by atoms with Gasteiger partial charge in [0.25, 0.3) is 0 Å². The van der Waals surface area contributed by atoms with E-state index >= 15 is 0 Å². The topological polar surface area (TPSA) is 58.1 Å². The first kappa shape index (κ1) is 19.5. The molecule has 0 radical (unpaired) electrons. The molecule has 0 aromatic carbocycles. The molecule has 140 valence electrons. The van der Waals surface area contributed by atoms with Crippen LogP contribution in [0.1, 0.15) is 58.5 Å². The first-order valence-electron chi connectivity index (χ1n) is 8.35. The number of anilines is 1. The Labute approximate surface area is 146 Å². The minimum Gasteiger partial charge on any atom is -0.365 e. The summed E-state index contributed by atoms with van der Waals surface area (Å²) in [5.74, 6) is -1.20. The highest BCUT2D eigenvalue weighted by molar-refractivity contribution is 5.80. The van der Waals surface area contributed by atoms with Crippen molar-refractivity contribution in [1.82, 2.24) is 14.9 Å². The number of carbonyl (C=O) groups is 1. The predicted molar refractivity (Wildman–Crippen MR) is 89.2 cm³/mol. The summed E-state index contributed by atoms with van der Waals surface area (Å²) >= 11 is 0. The van der Waals surface area contributed by atoms with E-state index < -0.39 is 12.0 Å². The van der Waals surface area contributed by atoms with Gasteiger partial charge in [-0.05, 0) is 11.3 Å². The Balaban J connectivity index is 2.17. The van der Waals surface area contributed by atoms with Crippen LogP contribution in [0.5, 0.6) is 0 Å². The third-order valence-electron chi connectivity index (χ3n) is 3.82. The van der Waals surface area contributed by atoms with Gasteiger partial charge >= 0.3 is 6.18 Å². The van der Waals surface area contributed by atoms with Crippen molar-refractivity contribution in [2.24, 2.45) is 5.41 Å². The lowest BCUT2D eigenvalue weighted by Gasteiger charge is -2.26. The SMILES string of the molecule is CC(C)c1cc(N[C@@H]2CC(=O)N(CC(C)(C)C)C2)nc(C(F)(F)F)n1. The number of rotatable bonds is 4. The Bertz CT molecular complexity index is 638. The van der Waals surface area contributed by atoms with E-state index in [0.717, 1.165) is 0 Å². The summed E-state index contributed by atoms with van der Waals surface area (Å²) in [6.45, 7) is 10.7. The van der Waals surface area contributed by atoms with Crippen molar-refractivity contribution in [3.05, 3.63) is 17.6 Å². The van der Waals surface area contributed by atoms with Gasteiger partial charge in [-0.15, -0.1) is 0 Å². The van der Waals surface area contributed by atoms with Gasteiger partial charge in [0.1, 0.15) is 5.82 Å². The quantitative estimate of drug-likeness (QED) is 0.892. The van der Waals surface area contributed by atoms with Crippen molar-refractivity contribution in [2.45, 2.75) is 59.2 Å². The number of amides is 1. The summed E-state index contributed by atoms with van der Waals surface area (Å²) < 4.78 is 39.1. The molecule has 8 heteroatoms. The normalized spacial score (nSPS) is 19.0. The lowest BCUT2D eigenvalue weighted by Crippen LogP contribution is -2.35. The molecule has 1 fully saturated rings. The van der Waals surface area contributed by atoms with Crippen LogP contribution in [0.4, 0.5) is 19.0 Å². The third kappa shape index (κ3) is 5.31. The number of carbonyl (C=O) groups excluding carboxylic acids is 1. The van der Waals surface area contributed by atoms with Crippen LogP contribution in [-0.4, -0.2) is 39.9 Å².